The van der Waals surface area contributed by atoms with Crippen LogP contribution in [-0.2, 0) is 6.54 Å². The van der Waals surface area contributed by atoms with Gasteiger partial charge in [0.2, 0.25) is 0 Å². The van der Waals surface area contributed by atoms with Gasteiger partial charge in [0.1, 0.15) is 16.5 Å². The molecule has 0 spiro atoms. The van der Waals surface area contributed by atoms with Crippen molar-refractivity contribution in [2.24, 2.45) is 5.92 Å². The summed E-state index contributed by atoms with van der Waals surface area (Å²) < 4.78 is 16.8. The van der Waals surface area contributed by atoms with Crippen molar-refractivity contribution in [2.75, 3.05) is 5.32 Å². The molecular formula is C17H14BrFN4O. The first-order chi connectivity index (χ1) is 11.6. The molecule has 1 aromatic carbocycles. The molecule has 0 bridgehead atoms. The van der Waals surface area contributed by atoms with Gasteiger partial charge in [-0.1, -0.05) is 11.8 Å². The molecule has 122 valence electrons. The van der Waals surface area contributed by atoms with Crippen LogP contribution in [0.25, 0.3) is 0 Å². The number of nitrogens with one attached hydrogen (secondary N) is 2. The van der Waals surface area contributed by atoms with Crippen molar-refractivity contribution in [3.63, 3.8) is 0 Å². The lowest BCUT2D eigenvalue weighted by Gasteiger charge is -2.24. The number of halogens is 2. The number of rotatable bonds is 2. The Kier molecular flexibility index (Phi) is 3.77. The Hall–Kier alpha value is -2.33. The van der Waals surface area contributed by atoms with E-state index in [9.17, 15) is 9.18 Å². The Balaban J connectivity index is 1.67. The van der Waals surface area contributed by atoms with E-state index in [0.717, 1.165) is 12.8 Å². The van der Waals surface area contributed by atoms with Crippen molar-refractivity contribution in [1.29, 1.82) is 0 Å². The van der Waals surface area contributed by atoms with Crippen LogP contribution in [0.1, 0.15) is 30.0 Å². The molecule has 4 rings (SSSR count). The summed E-state index contributed by atoms with van der Waals surface area (Å²) in [5, 5.41) is 9.66. The predicted molar refractivity (Wildman–Crippen MR) is 90.8 cm³/mol. The molecule has 24 heavy (non-hydrogen) atoms. The van der Waals surface area contributed by atoms with Gasteiger partial charge in [0.25, 0.3) is 0 Å². The minimum atomic E-state index is -0.475. The fraction of sp³-hybridized carbons (Fsp3) is 0.294. The van der Waals surface area contributed by atoms with Gasteiger partial charge in [-0.25, -0.2) is 9.18 Å². The summed E-state index contributed by atoms with van der Waals surface area (Å²) in [6.45, 7) is 0.284. The van der Waals surface area contributed by atoms with Gasteiger partial charge >= 0.3 is 6.03 Å². The van der Waals surface area contributed by atoms with Crippen LogP contribution in [-0.4, -0.2) is 15.8 Å². The van der Waals surface area contributed by atoms with Crippen molar-refractivity contribution >= 4 is 27.6 Å². The minimum absolute atomic E-state index is 0.284. The van der Waals surface area contributed by atoms with E-state index in [2.05, 4.69) is 43.5 Å². The fourth-order valence-corrected chi connectivity index (χ4v) is 2.93. The van der Waals surface area contributed by atoms with Crippen molar-refractivity contribution in [3.8, 4) is 11.8 Å². The molecule has 7 heteroatoms. The van der Waals surface area contributed by atoms with Gasteiger partial charge in [0.15, 0.2) is 0 Å². The van der Waals surface area contributed by atoms with Gasteiger partial charge < -0.3 is 10.6 Å². The number of carbonyl (C=O) groups is 1. The smallest absolute Gasteiger partial charge is 0.320 e. The first-order valence-electron chi connectivity index (χ1n) is 7.68. The minimum Gasteiger partial charge on any atom is -0.320 e. The number of nitrogens with zero attached hydrogens (tertiary/aromatic N) is 2. The van der Waals surface area contributed by atoms with Crippen LogP contribution in [0.4, 0.5) is 14.9 Å². The Bertz CT molecular complexity index is 878. The lowest BCUT2D eigenvalue weighted by atomic mass is 9.99. The second-order valence-corrected chi connectivity index (χ2v) is 6.77. The summed E-state index contributed by atoms with van der Waals surface area (Å²) in [5.74, 6) is 6.27. The topological polar surface area (TPSA) is 59.0 Å². The van der Waals surface area contributed by atoms with Crippen LogP contribution in [0.3, 0.4) is 0 Å². The molecule has 1 unspecified atom stereocenters. The van der Waals surface area contributed by atoms with E-state index in [1.165, 1.54) is 6.07 Å². The van der Waals surface area contributed by atoms with Gasteiger partial charge in [-0.2, -0.15) is 5.10 Å². The summed E-state index contributed by atoms with van der Waals surface area (Å²) in [4.78, 5) is 11.8. The molecule has 2 aromatic rings. The number of hydrogen-bond donors (Lipinski definition) is 2. The Morgan fingerprint density at radius 3 is 2.92 bits per heavy atom. The van der Waals surface area contributed by atoms with Gasteiger partial charge in [-0.15, -0.1) is 0 Å². The van der Waals surface area contributed by atoms with E-state index in [0.29, 0.717) is 27.3 Å². The summed E-state index contributed by atoms with van der Waals surface area (Å²) >= 11 is 3.27. The number of aromatic nitrogens is 2. The second-order valence-electron chi connectivity index (χ2n) is 5.96. The van der Waals surface area contributed by atoms with Gasteiger partial charge in [0.05, 0.1) is 6.54 Å². The predicted octanol–water partition coefficient (Wildman–Crippen LogP) is 3.42. The highest BCUT2D eigenvalue weighted by atomic mass is 79.9. The standard InChI is InChI=1S/C17H14BrFN4O/c18-16-5-6-23(22-16)9-11-7-15-12(8-13(11)19)14(20-17(24)21-15)4-3-10-1-2-10/h5-8,10,14H,1-2,9H2,(H2,20,21,24). The van der Waals surface area contributed by atoms with Gasteiger partial charge in [0, 0.05) is 28.9 Å². The number of carbonyl (C=O) groups excluding carboxylic acids is 1. The van der Waals surface area contributed by atoms with E-state index in [1.807, 2.05) is 0 Å². The molecule has 5 nitrogen and oxygen atoms in total. The monoisotopic (exact) mass is 388 g/mol. The summed E-state index contributed by atoms with van der Waals surface area (Å²) in [7, 11) is 0. The van der Waals surface area contributed by atoms with Crippen LogP contribution in [0.2, 0.25) is 0 Å². The number of urea groups is 1. The average Bonchev–Trinajstić information content (AvgIpc) is 3.28. The summed E-state index contributed by atoms with van der Waals surface area (Å²) in [6.07, 6.45) is 3.96. The Morgan fingerprint density at radius 1 is 1.38 bits per heavy atom. The first kappa shape index (κ1) is 15.2. The molecule has 1 aromatic heterocycles. The number of amides is 2. The largest absolute Gasteiger partial charge is 0.320 e. The average molecular weight is 389 g/mol. The highest BCUT2D eigenvalue weighted by molar-refractivity contribution is 9.10. The maximum Gasteiger partial charge on any atom is 0.320 e. The number of benzene rings is 1. The Labute approximate surface area is 146 Å². The zero-order chi connectivity index (χ0) is 16.7. The molecule has 1 aliphatic carbocycles. The quantitative estimate of drug-likeness (QED) is 0.774. The van der Waals surface area contributed by atoms with E-state index in [4.69, 9.17) is 0 Å². The molecule has 0 saturated heterocycles. The van der Waals surface area contributed by atoms with Crippen molar-refractivity contribution in [2.45, 2.75) is 25.4 Å². The van der Waals surface area contributed by atoms with E-state index in [1.54, 1.807) is 23.0 Å². The van der Waals surface area contributed by atoms with Crippen molar-refractivity contribution in [1.82, 2.24) is 15.1 Å². The highest BCUT2D eigenvalue weighted by Crippen LogP contribution is 2.31. The van der Waals surface area contributed by atoms with E-state index >= 15 is 0 Å². The zero-order valence-corrected chi connectivity index (χ0v) is 14.2. The molecular weight excluding hydrogens is 375 g/mol. The maximum atomic E-state index is 14.5. The number of fused-ring (bicyclic) bond motifs is 1. The number of hydrogen-bond acceptors (Lipinski definition) is 2. The molecule has 2 N–H and O–H groups in total. The molecule has 1 saturated carbocycles. The van der Waals surface area contributed by atoms with Crippen LogP contribution >= 0.6 is 15.9 Å². The molecule has 2 amide bonds. The lowest BCUT2D eigenvalue weighted by Crippen LogP contribution is -2.37. The van der Waals surface area contributed by atoms with Crippen molar-refractivity contribution < 1.29 is 9.18 Å². The van der Waals surface area contributed by atoms with Gasteiger partial charge in [-0.05, 0) is 47.0 Å². The second kappa shape index (κ2) is 5.95. The van der Waals surface area contributed by atoms with Crippen molar-refractivity contribution in [3.05, 3.63) is 45.9 Å². The SMILES string of the molecule is O=C1Nc2cc(Cn3ccc(Br)n3)c(F)cc2C(C#CC2CC2)N1. The molecule has 1 atom stereocenters. The van der Waals surface area contributed by atoms with Crippen LogP contribution in [0.15, 0.2) is 29.0 Å². The fourth-order valence-electron chi connectivity index (χ4n) is 2.61. The van der Waals surface area contributed by atoms with Gasteiger partial charge in [-0.3, -0.25) is 4.68 Å². The molecule has 1 aliphatic heterocycles. The van der Waals surface area contributed by atoms with Crippen LogP contribution in [0.5, 0.6) is 0 Å². The van der Waals surface area contributed by atoms with Crippen LogP contribution < -0.4 is 10.6 Å². The normalized spacial score (nSPS) is 18.9. The molecule has 0 radical (unpaired) electrons. The van der Waals surface area contributed by atoms with Crippen LogP contribution in [0, 0.1) is 23.6 Å². The first-order valence-corrected chi connectivity index (χ1v) is 8.47. The van der Waals surface area contributed by atoms with E-state index in [-0.39, 0.29) is 18.4 Å². The van der Waals surface area contributed by atoms with E-state index < -0.39 is 6.04 Å². The zero-order valence-electron chi connectivity index (χ0n) is 12.6. The third kappa shape index (κ3) is 3.15. The third-order valence-corrected chi connectivity index (χ3v) is 4.43. The third-order valence-electron chi connectivity index (χ3n) is 4.00. The molecule has 2 aliphatic rings. The summed E-state index contributed by atoms with van der Waals surface area (Å²) in [6, 6.07) is 4.09. The highest BCUT2D eigenvalue weighted by Gasteiger charge is 2.26. The number of anilines is 1. The molecule has 1 fully saturated rings. The lowest BCUT2D eigenvalue weighted by molar-refractivity contribution is 0.249. The Morgan fingerprint density at radius 2 is 2.21 bits per heavy atom. The maximum absolute atomic E-state index is 14.5. The molecule has 2 heterocycles. The summed E-state index contributed by atoms with van der Waals surface area (Å²) in [5.41, 5.74) is 1.71.